The van der Waals surface area contributed by atoms with Crippen molar-refractivity contribution in [2.75, 3.05) is 13.1 Å². The van der Waals surface area contributed by atoms with Gasteiger partial charge in [0.2, 0.25) is 0 Å². The predicted octanol–water partition coefficient (Wildman–Crippen LogP) is 2.89. The Hall–Kier alpha value is -1.35. The third-order valence-corrected chi connectivity index (χ3v) is 2.91. The van der Waals surface area contributed by atoms with Gasteiger partial charge in [-0.3, -0.25) is 0 Å². The number of fused-ring (bicyclic) bond motifs is 1. The van der Waals surface area contributed by atoms with Crippen LogP contribution in [0, 0.1) is 0 Å². The van der Waals surface area contributed by atoms with Crippen molar-refractivity contribution in [1.82, 2.24) is 15.3 Å². The number of imidazole rings is 1. The first kappa shape index (κ1) is 12.1. The van der Waals surface area contributed by atoms with Crippen LogP contribution in [-0.4, -0.2) is 23.1 Å². The van der Waals surface area contributed by atoms with Crippen LogP contribution in [0.1, 0.15) is 32.0 Å². The molecule has 2 N–H and O–H groups in total. The SMILES string of the molecule is CCCCNCCCc1nc2ccccc2[nH]1. The van der Waals surface area contributed by atoms with Gasteiger partial charge >= 0.3 is 0 Å². The normalized spacial score (nSPS) is 11.1. The lowest BCUT2D eigenvalue weighted by Crippen LogP contribution is -2.17. The van der Waals surface area contributed by atoms with Gasteiger partial charge < -0.3 is 10.3 Å². The maximum absolute atomic E-state index is 4.56. The van der Waals surface area contributed by atoms with E-state index in [2.05, 4.69) is 34.3 Å². The molecule has 1 aromatic heterocycles. The van der Waals surface area contributed by atoms with Crippen LogP contribution in [0.4, 0.5) is 0 Å². The molecular formula is C14H21N3. The molecule has 3 nitrogen and oxygen atoms in total. The molecule has 2 aromatic rings. The lowest BCUT2D eigenvalue weighted by molar-refractivity contribution is 0.612. The first-order valence-corrected chi connectivity index (χ1v) is 6.54. The van der Waals surface area contributed by atoms with Gasteiger partial charge in [-0.15, -0.1) is 0 Å². The number of rotatable bonds is 7. The number of nitrogens with zero attached hydrogens (tertiary/aromatic N) is 1. The van der Waals surface area contributed by atoms with Crippen molar-refractivity contribution in [3.05, 3.63) is 30.1 Å². The van der Waals surface area contributed by atoms with Gasteiger partial charge in [-0.2, -0.15) is 0 Å². The molecule has 0 bridgehead atoms. The summed E-state index contributed by atoms with van der Waals surface area (Å²) in [6.07, 6.45) is 4.69. The average Bonchev–Trinajstić information content (AvgIpc) is 2.76. The number of hydrogen-bond donors (Lipinski definition) is 2. The Bertz CT molecular complexity index is 414. The summed E-state index contributed by atoms with van der Waals surface area (Å²) < 4.78 is 0. The lowest BCUT2D eigenvalue weighted by Gasteiger charge is -2.01. The highest BCUT2D eigenvalue weighted by Crippen LogP contribution is 2.10. The first-order valence-electron chi connectivity index (χ1n) is 6.54. The van der Waals surface area contributed by atoms with E-state index in [-0.39, 0.29) is 0 Å². The van der Waals surface area contributed by atoms with E-state index >= 15 is 0 Å². The fourth-order valence-electron chi connectivity index (χ4n) is 1.93. The highest BCUT2D eigenvalue weighted by molar-refractivity contribution is 5.74. The molecule has 1 aromatic carbocycles. The van der Waals surface area contributed by atoms with Crippen LogP contribution in [-0.2, 0) is 6.42 Å². The van der Waals surface area contributed by atoms with Crippen LogP contribution in [0.5, 0.6) is 0 Å². The summed E-state index contributed by atoms with van der Waals surface area (Å²) in [5.74, 6) is 1.10. The summed E-state index contributed by atoms with van der Waals surface area (Å²) in [6.45, 7) is 4.43. The summed E-state index contributed by atoms with van der Waals surface area (Å²) in [6, 6.07) is 8.19. The number of unbranched alkanes of at least 4 members (excludes halogenated alkanes) is 1. The van der Waals surface area contributed by atoms with Crippen LogP contribution >= 0.6 is 0 Å². The molecule has 92 valence electrons. The van der Waals surface area contributed by atoms with Crippen molar-refractivity contribution < 1.29 is 0 Å². The van der Waals surface area contributed by atoms with Gasteiger partial charge in [0, 0.05) is 6.42 Å². The molecule has 3 heteroatoms. The monoisotopic (exact) mass is 231 g/mol. The van der Waals surface area contributed by atoms with Crippen molar-refractivity contribution in [3.63, 3.8) is 0 Å². The predicted molar refractivity (Wildman–Crippen MR) is 72.2 cm³/mol. The molecule has 2 rings (SSSR count). The second kappa shape index (κ2) is 6.40. The molecule has 0 aliphatic carbocycles. The maximum Gasteiger partial charge on any atom is 0.107 e. The summed E-state index contributed by atoms with van der Waals surface area (Å²) in [5.41, 5.74) is 2.21. The van der Waals surface area contributed by atoms with E-state index in [1.807, 2.05) is 12.1 Å². The quantitative estimate of drug-likeness (QED) is 0.719. The molecule has 0 amide bonds. The van der Waals surface area contributed by atoms with Gasteiger partial charge in [-0.25, -0.2) is 4.98 Å². The Kier molecular flexibility index (Phi) is 4.56. The second-order valence-corrected chi connectivity index (χ2v) is 4.41. The highest BCUT2D eigenvalue weighted by atomic mass is 14.9. The number of benzene rings is 1. The molecule has 0 aliphatic rings. The number of nitrogens with one attached hydrogen (secondary N) is 2. The molecule has 0 atom stereocenters. The zero-order chi connectivity index (χ0) is 11.9. The van der Waals surface area contributed by atoms with Crippen molar-refractivity contribution in [2.45, 2.75) is 32.6 Å². The van der Waals surface area contributed by atoms with E-state index in [1.165, 1.54) is 12.8 Å². The van der Waals surface area contributed by atoms with Crippen molar-refractivity contribution >= 4 is 11.0 Å². The number of aromatic amines is 1. The third kappa shape index (κ3) is 3.56. The number of aryl methyl sites for hydroxylation is 1. The molecule has 0 saturated carbocycles. The standard InChI is InChI=1S/C14H21N3/c1-2-3-10-15-11-6-9-14-16-12-7-4-5-8-13(12)17-14/h4-5,7-8,15H,2-3,6,9-11H2,1H3,(H,16,17). The van der Waals surface area contributed by atoms with Gasteiger partial charge in [0.25, 0.3) is 0 Å². The number of para-hydroxylation sites is 2. The van der Waals surface area contributed by atoms with Crippen LogP contribution in [0.25, 0.3) is 11.0 Å². The zero-order valence-corrected chi connectivity index (χ0v) is 10.5. The summed E-state index contributed by atoms with van der Waals surface area (Å²) in [7, 11) is 0. The zero-order valence-electron chi connectivity index (χ0n) is 10.5. The highest BCUT2D eigenvalue weighted by Gasteiger charge is 2.00. The van der Waals surface area contributed by atoms with E-state index in [0.717, 1.165) is 42.8 Å². The maximum atomic E-state index is 4.56. The molecular weight excluding hydrogens is 210 g/mol. The summed E-state index contributed by atoms with van der Waals surface area (Å²) in [5, 5.41) is 3.45. The minimum absolute atomic E-state index is 1.02. The number of aromatic nitrogens is 2. The number of H-pyrrole nitrogens is 1. The Morgan fingerprint density at radius 3 is 2.82 bits per heavy atom. The van der Waals surface area contributed by atoms with Gasteiger partial charge in [-0.05, 0) is 38.1 Å². The van der Waals surface area contributed by atoms with E-state index < -0.39 is 0 Å². The summed E-state index contributed by atoms with van der Waals surface area (Å²) in [4.78, 5) is 7.92. The first-order chi connectivity index (χ1) is 8.40. The van der Waals surface area contributed by atoms with Gasteiger partial charge in [0.1, 0.15) is 5.82 Å². The van der Waals surface area contributed by atoms with Crippen molar-refractivity contribution in [3.8, 4) is 0 Å². The van der Waals surface area contributed by atoms with Crippen LogP contribution in [0.15, 0.2) is 24.3 Å². The second-order valence-electron chi connectivity index (χ2n) is 4.41. The van der Waals surface area contributed by atoms with Gasteiger partial charge in [-0.1, -0.05) is 25.5 Å². The Morgan fingerprint density at radius 1 is 1.18 bits per heavy atom. The number of hydrogen-bond acceptors (Lipinski definition) is 2. The Labute approximate surface area is 103 Å². The van der Waals surface area contributed by atoms with E-state index in [1.54, 1.807) is 0 Å². The molecule has 0 unspecified atom stereocenters. The minimum Gasteiger partial charge on any atom is -0.342 e. The van der Waals surface area contributed by atoms with E-state index in [4.69, 9.17) is 0 Å². The average molecular weight is 231 g/mol. The lowest BCUT2D eigenvalue weighted by atomic mass is 10.3. The van der Waals surface area contributed by atoms with E-state index in [9.17, 15) is 0 Å². The fourth-order valence-corrected chi connectivity index (χ4v) is 1.93. The van der Waals surface area contributed by atoms with Crippen LogP contribution < -0.4 is 5.32 Å². The largest absolute Gasteiger partial charge is 0.342 e. The van der Waals surface area contributed by atoms with Crippen molar-refractivity contribution in [1.29, 1.82) is 0 Å². The Morgan fingerprint density at radius 2 is 2.00 bits per heavy atom. The Balaban J connectivity index is 1.75. The van der Waals surface area contributed by atoms with E-state index in [0.29, 0.717) is 0 Å². The van der Waals surface area contributed by atoms with Gasteiger partial charge in [0.15, 0.2) is 0 Å². The van der Waals surface area contributed by atoms with Crippen LogP contribution in [0.3, 0.4) is 0 Å². The molecule has 17 heavy (non-hydrogen) atoms. The third-order valence-electron chi connectivity index (χ3n) is 2.91. The van der Waals surface area contributed by atoms with Crippen LogP contribution in [0.2, 0.25) is 0 Å². The summed E-state index contributed by atoms with van der Waals surface area (Å²) >= 11 is 0. The molecule has 0 spiro atoms. The molecule has 0 fully saturated rings. The molecule has 0 saturated heterocycles. The molecule has 1 heterocycles. The fraction of sp³-hybridized carbons (Fsp3) is 0.500. The molecule has 0 aliphatic heterocycles. The van der Waals surface area contributed by atoms with Gasteiger partial charge in [0.05, 0.1) is 11.0 Å². The molecule has 0 radical (unpaired) electrons. The topological polar surface area (TPSA) is 40.7 Å². The smallest absolute Gasteiger partial charge is 0.107 e. The van der Waals surface area contributed by atoms with Crippen molar-refractivity contribution in [2.24, 2.45) is 0 Å². The minimum atomic E-state index is 1.02.